The predicted octanol–water partition coefficient (Wildman–Crippen LogP) is 0.332. The van der Waals surface area contributed by atoms with Crippen LogP contribution in [0.1, 0.15) is 20.3 Å². The Labute approximate surface area is 88.6 Å². The van der Waals surface area contributed by atoms with Crippen molar-refractivity contribution >= 4 is 5.97 Å². The zero-order valence-electron chi connectivity index (χ0n) is 8.92. The van der Waals surface area contributed by atoms with E-state index in [1.54, 1.807) is 0 Å². The first-order valence-corrected chi connectivity index (χ1v) is 5.63. The topological polar surface area (TPSA) is 55.8 Å². The number of fused-ring (bicyclic) bond motifs is 4. The van der Waals surface area contributed by atoms with Crippen LogP contribution in [0.3, 0.4) is 0 Å². The molecule has 2 heterocycles. The third-order valence-corrected chi connectivity index (χ3v) is 4.08. The van der Waals surface area contributed by atoms with Crippen LogP contribution in [0.5, 0.6) is 0 Å². The Kier molecular flexibility index (Phi) is 1.89. The molecule has 7 atom stereocenters. The van der Waals surface area contributed by atoms with E-state index in [2.05, 4.69) is 0 Å². The summed E-state index contributed by atoms with van der Waals surface area (Å²) in [6, 6.07) is 0. The van der Waals surface area contributed by atoms with Crippen molar-refractivity contribution in [3.63, 3.8) is 0 Å². The molecule has 84 valence electrons. The maximum Gasteiger partial charge on any atom is 0.335 e. The van der Waals surface area contributed by atoms with Crippen LogP contribution in [0.15, 0.2) is 0 Å². The second kappa shape index (κ2) is 2.95. The molecule has 0 amide bonds. The molecule has 4 nitrogen and oxygen atoms in total. The van der Waals surface area contributed by atoms with Crippen molar-refractivity contribution in [3.8, 4) is 0 Å². The van der Waals surface area contributed by atoms with E-state index in [4.69, 9.17) is 9.47 Å². The van der Waals surface area contributed by atoms with Gasteiger partial charge in [0.1, 0.15) is 6.10 Å². The number of esters is 1. The third-order valence-electron chi connectivity index (χ3n) is 4.08. The van der Waals surface area contributed by atoms with Gasteiger partial charge < -0.3 is 14.6 Å². The Morgan fingerprint density at radius 1 is 1.33 bits per heavy atom. The minimum absolute atomic E-state index is 0.00218. The molecule has 1 saturated carbocycles. The molecule has 0 radical (unpaired) electrons. The maximum absolute atomic E-state index is 11.7. The first kappa shape index (κ1) is 9.60. The van der Waals surface area contributed by atoms with E-state index in [-0.39, 0.29) is 30.0 Å². The molecule has 4 heteroatoms. The lowest BCUT2D eigenvalue weighted by atomic mass is 9.81. The molecule has 2 aliphatic heterocycles. The molecule has 1 aliphatic carbocycles. The summed E-state index contributed by atoms with van der Waals surface area (Å²) in [6.07, 6.45) is -0.0751. The second-order valence-corrected chi connectivity index (χ2v) is 5.11. The summed E-state index contributed by atoms with van der Waals surface area (Å²) in [5.41, 5.74) is 0. The van der Waals surface area contributed by atoms with Crippen LogP contribution in [0.25, 0.3) is 0 Å². The average Bonchev–Trinajstić information content (AvgIpc) is 2.93. The Morgan fingerprint density at radius 3 is 2.80 bits per heavy atom. The number of rotatable bonds is 0. The minimum Gasteiger partial charge on any atom is -0.460 e. The van der Waals surface area contributed by atoms with E-state index >= 15 is 0 Å². The average molecular weight is 212 g/mol. The third kappa shape index (κ3) is 1.24. The first-order chi connectivity index (χ1) is 7.09. The van der Waals surface area contributed by atoms with Crippen LogP contribution in [0.2, 0.25) is 0 Å². The van der Waals surface area contributed by atoms with E-state index in [1.165, 1.54) is 0 Å². The smallest absolute Gasteiger partial charge is 0.335 e. The van der Waals surface area contributed by atoms with Crippen molar-refractivity contribution in [1.82, 2.24) is 0 Å². The van der Waals surface area contributed by atoms with Crippen LogP contribution >= 0.6 is 0 Å². The van der Waals surface area contributed by atoms with Crippen LogP contribution in [-0.4, -0.2) is 35.5 Å². The van der Waals surface area contributed by atoms with E-state index in [9.17, 15) is 9.90 Å². The van der Waals surface area contributed by atoms with E-state index in [0.29, 0.717) is 5.92 Å². The standard InChI is InChI=1S/C11H16O4/c1-4-8(12)5(2)10-11(13)14-7-3-6(7)9(4)15-10/h4-10,12H,3H2,1-2H3/t4?,5?,6?,7-,8?,9-,10?/m1/s1. The van der Waals surface area contributed by atoms with Crippen molar-refractivity contribution in [3.05, 3.63) is 0 Å². The molecule has 5 unspecified atom stereocenters. The minimum atomic E-state index is -0.561. The Hall–Kier alpha value is -0.610. The summed E-state index contributed by atoms with van der Waals surface area (Å²) in [7, 11) is 0. The summed E-state index contributed by atoms with van der Waals surface area (Å²) in [5.74, 6) is -0.0402. The maximum atomic E-state index is 11.7. The van der Waals surface area contributed by atoms with Crippen molar-refractivity contribution in [2.24, 2.45) is 17.8 Å². The van der Waals surface area contributed by atoms with Gasteiger partial charge in [0.2, 0.25) is 0 Å². The van der Waals surface area contributed by atoms with Crippen LogP contribution in [0, 0.1) is 17.8 Å². The zero-order chi connectivity index (χ0) is 10.7. The van der Waals surface area contributed by atoms with Gasteiger partial charge in [0.25, 0.3) is 0 Å². The zero-order valence-corrected chi connectivity index (χ0v) is 8.92. The van der Waals surface area contributed by atoms with Gasteiger partial charge in [-0.3, -0.25) is 0 Å². The molecule has 2 saturated heterocycles. The van der Waals surface area contributed by atoms with E-state index < -0.39 is 12.2 Å². The highest BCUT2D eigenvalue weighted by atomic mass is 16.6. The molecular weight excluding hydrogens is 196 g/mol. The fraction of sp³-hybridized carbons (Fsp3) is 0.909. The molecule has 15 heavy (non-hydrogen) atoms. The van der Waals surface area contributed by atoms with Crippen molar-refractivity contribution < 1.29 is 19.4 Å². The normalized spacial score (nSPS) is 57.8. The molecule has 0 aromatic heterocycles. The molecule has 1 N–H and O–H groups in total. The van der Waals surface area contributed by atoms with E-state index in [1.807, 2.05) is 13.8 Å². The fourth-order valence-electron chi connectivity index (χ4n) is 2.92. The quantitative estimate of drug-likeness (QED) is 0.588. The summed E-state index contributed by atoms with van der Waals surface area (Å²) >= 11 is 0. The SMILES string of the molecule is CC1C2O[C@H](C(C)C1O)C1C[C@H]1OC2=O. The molecule has 0 aromatic carbocycles. The van der Waals surface area contributed by atoms with E-state index in [0.717, 1.165) is 6.42 Å². The van der Waals surface area contributed by atoms with Crippen molar-refractivity contribution in [1.29, 1.82) is 0 Å². The number of carbonyl (C=O) groups is 1. The van der Waals surface area contributed by atoms with Gasteiger partial charge in [-0.05, 0) is 6.42 Å². The molecular formula is C11H16O4. The van der Waals surface area contributed by atoms with Gasteiger partial charge in [-0.15, -0.1) is 0 Å². The largest absolute Gasteiger partial charge is 0.460 e. The number of aliphatic hydroxyl groups is 1. The Balaban J connectivity index is 1.93. The monoisotopic (exact) mass is 212 g/mol. The molecule has 2 bridgehead atoms. The van der Waals surface area contributed by atoms with Gasteiger partial charge in [0.05, 0.1) is 12.2 Å². The molecule has 3 fully saturated rings. The highest BCUT2D eigenvalue weighted by molar-refractivity contribution is 5.76. The lowest BCUT2D eigenvalue weighted by Gasteiger charge is -2.40. The number of aliphatic hydroxyl groups excluding tert-OH is 1. The highest BCUT2D eigenvalue weighted by Gasteiger charge is 2.58. The lowest BCUT2D eigenvalue weighted by Crippen LogP contribution is -2.51. The van der Waals surface area contributed by atoms with Gasteiger partial charge in [-0.25, -0.2) is 4.79 Å². The Bertz CT molecular complexity index is 303. The number of hydrogen-bond acceptors (Lipinski definition) is 4. The van der Waals surface area contributed by atoms with Gasteiger partial charge in [-0.1, -0.05) is 13.8 Å². The summed E-state index contributed by atoms with van der Waals surface area (Å²) in [6.45, 7) is 3.84. The van der Waals surface area contributed by atoms with Gasteiger partial charge in [0.15, 0.2) is 6.10 Å². The molecule has 3 rings (SSSR count). The van der Waals surface area contributed by atoms with Crippen LogP contribution < -0.4 is 0 Å². The number of ether oxygens (including phenoxy) is 2. The second-order valence-electron chi connectivity index (χ2n) is 5.11. The van der Waals surface area contributed by atoms with Gasteiger partial charge in [-0.2, -0.15) is 0 Å². The summed E-state index contributed by atoms with van der Waals surface area (Å²) < 4.78 is 11.1. The Morgan fingerprint density at radius 2 is 2.07 bits per heavy atom. The van der Waals surface area contributed by atoms with Crippen LogP contribution in [0.4, 0.5) is 0 Å². The van der Waals surface area contributed by atoms with Crippen LogP contribution in [-0.2, 0) is 14.3 Å². The summed E-state index contributed by atoms with van der Waals surface area (Å²) in [4.78, 5) is 11.7. The first-order valence-electron chi connectivity index (χ1n) is 5.63. The summed E-state index contributed by atoms with van der Waals surface area (Å²) in [5, 5.41) is 10.0. The lowest BCUT2D eigenvalue weighted by molar-refractivity contribution is -0.188. The number of carbonyl (C=O) groups excluding carboxylic acids is 1. The predicted molar refractivity (Wildman–Crippen MR) is 51.0 cm³/mol. The number of hydrogen-bond donors (Lipinski definition) is 1. The van der Waals surface area contributed by atoms with Crippen molar-refractivity contribution in [2.75, 3.05) is 0 Å². The molecule has 0 aromatic rings. The van der Waals surface area contributed by atoms with Crippen molar-refractivity contribution in [2.45, 2.75) is 44.7 Å². The van der Waals surface area contributed by atoms with Gasteiger partial charge in [0, 0.05) is 17.8 Å². The fourth-order valence-corrected chi connectivity index (χ4v) is 2.92. The van der Waals surface area contributed by atoms with Gasteiger partial charge >= 0.3 is 5.97 Å². The molecule has 0 spiro atoms. The molecule has 3 aliphatic rings. The highest BCUT2D eigenvalue weighted by Crippen LogP contribution is 2.48.